The first-order valence-electron chi connectivity index (χ1n) is 5.80. The van der Waals surface area contributed by atoms with Crippen molar-refractivity contribution >= 4 is 27.5 Å². The highest BCUT2D eigenvalue weighted by molar-refractivity contribution is 9.08. The topological polar surface area (TPSA) is 20.3 Å². The molecule has 2 rings (SSSR count). The molecule has 0 unspecified atom stereocenters. The maximum atomic E-state index is 13.1. The normalized spacial score (nSPS) is 10.3. The van der Waals surface area contributed by atoms with Gasteiger partial charge in [-0.15, -0.1) is 0 Å². The highest BCUT2D eigenvalue weighted by Crippen LogP contribution is 2.17. The van der Waals surface area contributed by atoms with Gasteiger partial charge in [0.05, 0.1) is 0 Å². The minimum absolute atomic E-state index is 0.160. The molecule has 0 aliphatic rings. The number of amides is 1. The van der Waals surface area contributed by atoms with Gasteiger partial charge in [0.2, 0.25) is 0 Å². The minimum atomic E-state index is -0.355. The summed E-state index contributed by atoms with van der Waals surface area (Å²) in [5.74, 6) is -0.515. The third-order valence-electron chi connectivity index (χ3n) is 2.86. The summed E-state index contributed by atoms with van der Waals surface area (Å²) in [7, 11) is 1.63. The standard InChI is InChI=1S/C15H13BrFNO/c1-18(14-4-2-3-13(17)9-14)15(19)12-7-5-11(10-16)6-8-12/h2-9H,10H2,1H3. The summed E-state index contributed by atoms with van der Waals surface area (Å²) in [5.41, 5.74) is 2.22. The molecule has 2 aromatic carbocycles. The molecule has 0 aliphatic heterocycles. The van der Waals surface area contributed by atoms with Gasteiger partial charge in [0.15, 0.2) is 0 Å². The molecule has 0 radical (unpaired) electrons. The van der Waals surface area contributed by atoms with Gasteiger partial charge >= 0.3 is 0 Å². The van der Waals surface area contributed by atoms with E-state index in [1.54, 1.807) is 31.3 Å². The molecule has 19 heavy (non-hydrogen) atoms. The predicted octanol–water partition coefficient (Wildman–Crippen LogP) is 4.00. The van der Waals surface area contributed by atoms with Crippen molar-refractivity contribution in [3.63, 3.8) is 0 Å². The molecule has 0 heterocycles. The Kier molecular flexibility index (Phi) is 4.32. The molecule has 1 amide bonds. The van der Waals surface area contributed by atoms with Crippen LogP contribution in [0.1, 0.15) is 15.9 Å². The van der Waals surface area contributed by atoms with Crippen molar-refractivity contribution in [2.24, 2.45) is 0 Å². The number of carbonyl (C=O) groups excluding carboxylic acids is 1. The lowest BCUT2D eigenvalue weighted by Gasteiger charge is -2.17. The van der Waals surface area contributed by atoms with Crippen molar-refractivity contribution in [2.45, 2.75) is 5.33 Å². The Balaban J connectivity index is 2.23. The van der Waals surface area contributed by atoms with Gasteiger partial charge in [-0.05, 0) is 35.9 Å². The molecule has 0 N–H and O–H groups in total. The van der Waals surface area contributed by atoms with Crippen molar-refractivity contribution in [3.05, 3.63) is 65.5 Å². The second-order valence-electron chi connectivity index (χ2n) is 4.17. The molecule has 0 saturated heterocycles. The number of nitrogens with zero attached hydrogens (tertiary/aromatic N) is 1. The molecule has 0 aromatic heterocycles. The smallest absolute Gasteiger partial charge is 0.258 e. The van der Waals surface area contributed by atoms with E-state index in [0.717, 1.165) is 10.9 Å². The van der Waals surface area contributed by atoms with Crippen LogP contribution in [0.4, 0.5) is 10.1 Å². The van der Waals surface area contributed by atoms with Gasteiger partial charge < -0.3 is 4.90 Å². The maximum Gasteiger partial charge on any atom is 0.258 e. The molecular formula is C15H13BrFNO. The average molecular weight is 322 g/mol. The Morgan fingerprint density at radius 2 is 1.89 bits per heavy atom. The average Bonchev–Trinajstić information content (AvgIpc) is 2.46. The minimum Gasteiger partial charge on any atom is -0.311 e. The summed E-state index contributed by atoms with van der Waals surface area (Å²) in [4.78, 5) is 13.7. The van der Waals surface area contributed by atoms with Crippen LogP contribution < -0.4 is 4.90 Å². The van der Waals surface area contributed by atoms with Crippen molar-refractivity contribution in [1.82, 2.24) is 0 Å². The van der Waals surface area contributed by atoms with E-state index in [-0.39, 0.29) is 11.7 Å². The lowest BCUT2D eigenvalue weighted by atomic mass is 10.1. The second kappa shape index (κ2) is 5.97. The molecule has 0 atom stereocenters. The third kappa shape index (κ3) is 3.20. The number of hydrogen-bond acceptors (Lipinski definition) is 1. The predicted molar refractivity (Wildman–Crippen MR) is 78.2 cm³/mol. The van der Waals surface area contributed by atoms with Gasteiger partial charge in [0.1, 0.15) is 5.82 Å². The number of carbonyl (C=O) groups is 1. The van der Waals surface area contributed by atoms with Crippen LogP contribution in [0.2, 0.25) is 0 Å². The molecule has 2 nitrogen and oxygen atoms in total. The molecule has 0 aliphatic carbocycles. The van der Waals surface area contributed by atoms with Crippen LogP contribution in [-0.4, -0.2) is 13.0 Å². The summed E-state index contributed by atoms with van der Waals surface area (Å²) in [6.07, 6.45) is 0. The zero-order valence-electron chi connectivity index (χ0n) is 10.4. The number of anilines is 1. The van der Waals surface area contributed by atoms with Crippen LogP contribution in [0.3, 0.4) is 0 Å². The Bertz CT molecular complexity index is 583. The highest BCUT2D eigenvalue weighted by Gasteiger charge is 2.13. The van der Waals surface area contributed by atoms with Crippen LogP contribution in [0.15, 0.2) is 48.5 Å². The van der Waals surface area contributed by atoms with Gasteiger partial charge in [-0.1, -0.05) is 34.1 Å². The first-order valence-corrected chi connectivity index (χ1v) is 6.92. The third-order valence-corrected chi connectivity index (χ3v) is 3.50. The Labute approximate surface area is 120 Å². The van der Waals surface area contributed by atoms with E-state index in [9.17, 15) is 9.18 Å². The number of alkyl halides is 1. The molecule has 4 heteroatoms. The Hall–Kier alpha value is -1.68. The zero-order valence-corrected chi connectivity index (χ0v) is 12.0. The van der Waals surface area contributed by atoms with E-state index in [4.69, 9.17) is 0 Å². The van der Waals surface area contributed by atoms with Gasteiger partial charge in [0.25, 0.3) is 5.91 Å². The summed E-state index contributed by atoms with van der Waals surface area (Å²) in [6.45, 7) is 0. The van der Waals surface area contributed by atoms with Crippen molar-refractivity contribution in [2.75, 3.05) is 11.9 Å². The largest absolute Gasteiger partial charge is 0.311 e. The van der Waals surface area contributed by atoms with Gasteiger partial charge in [-0.3, -0.25) is 4.79 Å². The van der Waals surface area contributed by atoms with Crippen LogP contribution in [0, 0.1) is 5.82 Å². The number of rotatable bonds is 3. The fourth-order valence-electron chi connectivity index (χ4n) is 1.73. The Morgan fingerprint density at radius 3 is 2.47 bits per heavy atom. The van der Waals surface area contributed by atoms with Crippen molar-refractivity contribution in [1.29, 1.82) is 0 Å². The lowest BCUT2D eigenvalue weighted by Crippen LogP contribution is -2.26. The fraction of sp³-hybridized carbons (Fsp3) is 0.133. The van der Waals surface area contributed by atoms with E-state index in [1.165, 1.54) is 17.0 Å². The quantitative estimate of drug-likeness (QED) is 0.782. The fourth-order valence-corrected chi connectivity index (χ4v) is 2.11. The molecule has 98 valence electrons. The van der Waals surface area contributed by atoms with Gasteiger partial charge in [-0.25, -0.2) is 4.39 Å². The van der Waals surface area contributed by atoms with Crippen molar-refractivity contribution < 1.29 is 9.18 Å². The molecular weight excluding hydrogens is 309 g/mol. The van der Waals surface area contributed by atoms with E-state index in [2.05, 4.69) is 15.9 Å². The highest BCUT2D eigenvalue weighted by atomic mass is 79.9. The van der Waals surface area contributed by atoms with E-state index >= 15 is 0 Å². The summed E-state index contributed by atoms with van der Waals surface area (Å²) in [5, 5.41) is 0.751. The van der Waals surface area contributed by atoms with Crippen LogP contribution >= 0.6 is 15.9 Å². The lowest BCUT2D eigenvalue weighted by molar-refractivity contribution is 0.0993. The SMILES string of the molecule is CN(C(=O)c1ccc(CBr)cc1)c1cccc(F)c1. The van der Waals surface area contributed by atoms with E-state index < -0.39 is 0 Å². The van der Waals surface area contributed by atoms with Crippen molar-refractivity contribution in [3.8, 4) is 0 Å². The number of halogens is 2. The zero-order chi connectivity index (χ0) is 13.8. The van der Waals surface area contributed by atoms with Gasteiger partial charge in [0, 0.05) is 23.6 Å². The van der Waals surface area contributed by atoms with Crippen LogP contribution in [-0.2, 0) is 5.33 Å². The molecule has 0 saturated carbocycles. The molecule has 0 fully saturated rings. The molecule has 0 spiro atoms. The van der Waals surface area contributed by atoms with E-state index in [0.29, 0.717) is 11.3 Å². The summed E-state index contributed by atoms with van der Waals surface area (Å²) in [6, 6.07) is 13.3. The molecule has 0 bridgehead atoms. The van der Waals surface area contributed by atoms with Crippen LogP contribution in [0.25, 0.3) is 0 Å². The monoisotopic (exact) mass is 321 g/mol. The summed E-state index contributed by atoms with van der Waals surface area (Å²) >= 11 is 3.36. The summed E-state index contributed by atoms with van der Waals surface area (Å²) < 4.78 is 13.1. The molecule has 2 aromatic rings. The van der Waals surface area contributed by atoms with E-state index in [1.807, 2.05) is 12.1 Å². The first-order chi connectivity index (χ1) is 9.11. The first kappa shape index (κ1) is 13.7. The second-order valence-corrected chi connectivity index (χ2v) is 4.74. The Morgan fingerprint density at radius 1 is 1.21 bits per heavy atom. The van der Waals surface area contributed by atoms with Gasteiger partial charge in [-0.2, -0.15) is 0 Å². The number of benzene rings is 2. The maximum absolute atomic E-state index is 13.1. The van der Waals surface area contributed by atoms with Crippen LogP contribution in [0.5, 0.6) is 0 Å². The number of hydrogen-bond donors (Lipinski definition) is 0.